The Hall–Kier alpha value is -2.56. The fraction of sp³-hybridized carbons (Fsp3) is 0.294. The number of carboxylic acid groups (broad SMARTS) is 1. The van der Waals surface area contributed by atoms with Crippen LogP contribution in [0.5, 0.6) is 5.75 Å². The Kier molecular flexibility index (Phi) is 4.99. The van der Waals surface area contributed by atoms with Gasteiger partial charge in [0.25, 0.3) is 0 Å². The van der Waals surface area contributed by atoms with Crippen molar-refractivity contribution in [2.45, 2.75) is 26.5 Å². The molecular formula is C17H20N2O3. The largest absolute Gasteiger partial charge is 0.491 e. The lowest BCUT2D eigenvalue weighted by atomic mass is 10.2. The molecule has 0 spiro atoms. The molecule has 5 heteroatoms. The molecule has 0 amide bonds. The molecule has 5 nitrogen and oxygen atoms in total. The minimum absolute atomic E-state index is 0.137. The minimum Gasteiger partial charge on any atom is -0.491 e. The number of hydrogen-bond acceptors (Lipinski definition) is 4. The van der Waals surface area contributed by atoms with E-state index in [2.05, 4.69) is 4.98 Å². The second-order valence-electron chi connectivity index (χ2n) is 5.38. The second-order valence-corrected chi connectivity index (χ2v) is 5.38. The summed E-state index contributed by atoms with van der Waals surface area (Å²) in [5, 5.41) is 8.88. The lowest BCUT2D eigenvalue weighted by Crippen LogP contribution is -2.18. The molecule has 0 aliphatic heterocycles. The van der Waals surface area contributed by atoms with Crippen molar-refractivity contribution in [1.29, 1.82) is 0 Å². The minimum atomic E-state index is -0.972. The third kappa shape index (κ3) is 4.22. The Morgan fingerprint density at radius 3 is 2.68 bits per heavy atom. The van der Waals surface area contributed by atoms with E-state index in [1.165, 1.54) is 6.20 Å². The van der Waals surface area contributed by atoms with Gasteiger partial charge in [-0.3, -0.25) is 0 Å². The first-order chi connectivity index (χ1) is 10.5. The Morgan fingerprint density at radius 2 is 2.09 bits per heavy atom. The fourth-order valence-electron chi connectivity index (χ4n) is 2.08. The topological polar surface area (TPSA) is 62.7 Å². The van der Waals surface area contributed by atoms with E-state index in [0.717, 1.165) is 17.1 Å². The van der Waals surface area contributed by atoms with Crippen LogP contribution in [0.4, 0.5) is 5.82 Å². The molecule has 0 aliphatic carbocycles. The maximum absolute atomic E-state index is 10.8. The lowest BCUT2D eigenvalue weighted by Gasteiger charge is -2.19. The molecule has 0 fully saturated rings. The molecule has 0 saturated heterocycles. The lowest BCUT2D eigenvalue weighted by molar-refractivity contribution is 0.0696. The summed E-state index contributed by atoms with van der Waals surface area (Å²) in [5.74, 6) is 0.593. The van der Waals surface area contributed by atoms with Gasteiger partial charge >= 0.3 is 5.97 Å². The summed E-state index contributed by atoms with van der Waals surface area (Å²) in [6.07, 6.45) is 1.50. The molecule has 0 unspecified atom stereocenters. The summed E-state index contributed by atoms with van der Waals surface area (Å²) in [5.41, 5.74) is 1.29. The highest BCUT2D eigenvalue weighted by Gasteiger charge is 2.07. The van der Waals surface area contributed by atoms with Gasteiger partial charge in [-0.15, -0.1) is 0 Å². The first-order valence-electron chi connectivity index (χ1n) is 7.12. The van der Waals surface area contributed by atoms with Gasteiger partial charge in [-0.25, -0.2) is 9.78 Å². The van der Waals surface area contributed by atoms with Gasteiger partial charge in [0, 0.05) is 19.8 Å². The van der Waals surface area contributed by atoms with Crippen LogP contribution in [0.15, 0.2) is 42.6 Å². The zero-order chi connectivity index (χ0) is 16.1. The highest BCUT2D eigenvalue weighted by atomic mass is 16.5. The van der Waals surface area contributed by atoms with E-state index in [1.54, 1.807) is 12.1 Å². The summed E-state index contributed by atoms with van der Waals surface area (Å²) in [6, 6.07) is 11.2. The van der Waals surface area contributed by atoms with Gasteiger partial charge < -0.3 is 14.7 Å². The molecule has 2 aromatic rings. The molecule has 0 bridgehead atoms. The number of nitrogens with zero attached hydrogens (tertiary/aromatic N) is 2. The van der Waals surface area contributed by atoms with Gasteiger partial charge in [0.05, 0.1) is 11.7 Å². The molecule has 0 aliphatic rings. The molecule has 0 radical (unpaired) electrons. The molecule has 1 aromatic carbocycles. The zero-order valence-corrected chi connectivity index (χ0v) is 13.0. The molecule has 0 atom stereocenters. The number of hydrogen-bond donors (Lipinski definition) is 1. The molecule has 116 valence electrons. The Bertz CT molecular complexity index is 639. The van der Waals surface area contributed by atoms with Gasteiger partial charge in [0.1, 0.15) is 11.6 Å². The van der Waals surface area contributed by atoms with Crippen LogP contribution in [0.25, 0.3) is 0 Å². The zero-order valence-electron chi connectivity index (χ0n) is 13.0. The monoisotopic (exact) mass is 300 g/mol. The molecule has 0 saturated carbocycles. The number of benzene rings is 1. The van der Waals surface area contributed by atoms with Crippen molar-refractivity contribution in [2.75, 3.05) is 11.9 Å². The summed E-state index contributed by atoms with van der Waals surface area (Å²) < 4.78 is 5.68. The molecule has 2 rings (SSSR count). The number of carbonyl (C=O) groups is 1. The predicted molar refractivity (Wildman–Crippen MR) is 85.5 cm³/mol. The van der Waals surface area contributed by atoms with E-state index in [4.69, 9.17) is 9.84 Å². The van der Waals surface area contributed by atoms with Crippen molar-refractivity contribution in [3.05, 3.63) is 53.7 Å². The van der Waals surface area contributed by atoms with Crippen LogP contribution in [-0.2, 0) is 6.54 Å². The van der Waals surface area contributed by atoms with Crippen molar-refractivity contribution < 1.29 is 14.6 Å². The fourth-order valence-corrected chi connectivity index (χ4v) is 2.08. The normalized spacial score (nSPS) is 10.5. The van der Waals surface area contributed by atoms with E-state index < -0.39 is 5.97 Å². The number of carboxylic acids is 1. The Balaban J connectivity index is 2.07. The summed E-state index contributed by atoms with van der Waals surface area (Å²) >= 11 is 0. The highest BCUT2D eigenvalue weighted by molar-refractivity contribution is 5.87. The van der Waals surface area contributed by atoms with Crippen molar-refractivity contribution in [3.8, 4) is 5.75 Å². The van der Waals surface area contributed by atoms with Gasteiger partial charge in [-0.1, -0.05) is 12.1 Å². The van der Waals surface area contributed by atoms with Gasteiger partial charge in [-0.05, 0) is 43.7 Å². The molecule has 1 aromatic heterocycles. The summed E-state index contributed by atoms with van der Waals surface area (Å²) in [6.45, 7) is 4.65. The maximum Gasteiger partial charge on any atom is 0.337 e. The average molecular weight is 300 g/mol. The average Bonchev–Trinajstić information content (AvgIpc) is 2.47. The third-order valence-corrected chi connectivity index (χ3v) is 3.08. The highest BCUT2D eigenvalue weighted by Crippen LogP contribution is 2.18. The Morgan fingerprint density at radius 1 is 1.32 bits per heavy atom. The number of anilines is 1. The van der Waals surface area contributed by atoms with Crippen molar-refractivity contribution in [2.24, 2.45) is 0 Å². The van der Waals surface area contributed by atoms with Gasteiger partial charge in [-0.2, -0.15) is 0 Å². The van der Waals surface area contributed by atoms with Gasteiger partial charge in [0.2, 0.25) is 0 Å². The summed E-state index contributed by atoms with van der Waals surface area (Å²) in [4.78, 5) is 17.0. The number of aromatic carboxylic acids is 1. The van der Waals surface area contributed by atoms with Gasteiger partial charge in [0.15, 0.2) is 0 Å². The number of aromatic nitrogens is 1. The van der Waals surface area contributed by atoms with Crippen molar-refractivity contribution in [1.82, 2.24) is 4.98 Å². The second kappa shape index (κ2) is 6.93. The van der Waals surface area contributed by atoms with Crippen LogP contribution in [0.3, 0.4) is 0 Å². The third-order valence-electron chi connectivity index (χ3n) is 3.08. The van der Waals surface area contributed by atoms with E-state index in [-0.39, 0.29) is 11.7 Å². The van der Waals surface area contributed by atoms with Crippen molar-refractivity contribution >= 4 is 11.8 Å². The van der Waals surface area contributed by atoms with E-state index in [0.29, 0.717) is 6.54 Å². The number of pyridine rings is 1. The van der Waals surface area contributed by atoms with Crippen LogP contribution >= 0.6 is 0 Å². The quantitative estimate of drug-likeness (QED) is 0.887. The van der Waals surface area contributed by atoms with Crippen LogP contribution in [0.2, 0.25) is 0 Å². The van der Waals surface area contributed by atoms with Crippen LogP contribution < -0.4 is 9.64 Å². The summed E-state index contributed by atoms with van der Waals surface area (Å²) in [7, 11) is 1.92. The van der Waals surface area contributed by atoms with E-state index in [9.17, 15) is 4.79 Å². The standard InChI is InChI=1S/C17H20N2O3/c1-12(2)22-15-6-4-5-13(9-15)11-19(3)16-8-7-14(10-18-16)17(20)21/h4-10,12H,11H2,1-3H3,(H,20,21). The molecular weight excluding hydrogens is 280 g/mol. The molecule has 1 N–H and O–H groups in total. The van der Waals surface area contributed by atoms with E-state index >= 15 is 0 Å². The van der Waals surface area contributed by atoms with Crippen LogP contribution in [0.1, 0.15) is 29.8 Å². The number of rotatable bonds is 6. The predicted octanol–water partition coefficient (Wildman–Crippen LogP) is 3.20. The maximum atomic E-state index is 10.8. The van der Waals surface area contributed by atoms with Crippen LogP contribution in [0, 0.1) is 0 Å². The molecule has 1 heterocycles. The first-order valence-corrected chi connectivity index (χ1v) is 7.12. The SMILES string of the molecule is CC(C)Oc1cccc(CN(C)c2ccc(C(=O)O)cn2)c1. The van der Waals surface area contributed by atoms with Crippen molar-refractivity contribution in [3.63, 3.8) is 0 Å². The number of ether oxygens (including phenoxy) is 1. The Labute approximate surface area is 130 Å². The first kappa shape index (κ1) is 15.8. The molecule has 22 heavy (non-hydrogen) atoms. The van der Waals surface area contributed by atoms with E-state index in [1.807, 2.05) is 50.1 Å². The van der Waals surface area contributed by atoms with Crippen LogP contribution in [-0.4, -0.2) is 29.2 Å². The smallest absolute Gasteiger partial charge is 0.337 e.